The van der Waals surface area contributed by atoms with Crippen LogP contribution in [0.4, 0.5) is 13.2 Å². The van der Waals surface area contributed by atoms with Gasteiger partial charge in [0.25, 0.3) is 0 Å². The molecule has 0 saturated carbocycles. The average molecular weight is 496 g/mol. The van der Waals surface area contributed by atoms with Crippen LogP contribution in [0.5, 0.6) is 0 Å². The van der Waals surface area contributed by atoms with Gasteiger partial charge in [-0.05, 0) is 25.2 Å². The molecule has 0 aliphatic carbocycles. The standard InChI is InChI=1S/C13H13P.CF3.2CH3.Au/c1-14(12-8-4-2-5-9-12)13-10-6-3-7-11-13;2-1(3)4;;;/h2-11H,1H3;;2*1H3;/q;3*-1;+3. The van der Waals surface area contributed by atoms with Crippen LogP contribution in [0.25, 0.3) is 0 Å². The molecule has 0 atom stereocenters. The van der Waals surface area contributed by atoms with Crippen molar-refractivity contribution in [1.82, 2.24) is 0 Å². The first-order valence-electron chi connectivity index (χ1n) is 5.28. The summed E-state index contributed by atoms with van der Waals surface area (Å²) in [5.41, 5.74) is 0. The third-order valence-electron chi connectivity index (χ3n) is 2.29. The maximum absolute atomic E-state index is 9.58. The Hall–Kier alpha value is -0.600. The largest absolute Gasteiger partial charge is 3.00 e. The minimum absolute atomic E-state index is 0. The van der Waals surface area contributed by atoms with Gasteiger partial charge in [-0.3, -0.25) is 0 Å². The van der Waals surface area contributed by atoms with Crippen molar-refractivity contribution in [3.8, 4) is 0 Å². The predicted octanol–water partition coefficient (Wildman–Crippen LogP) is 4.99. The molecular formula is C16H19AuF3P. The summed E-state index contributed by atoms with van der Waals surface area (Å²) in [6.45, 7) is -0.778. The molecule has 0 heterocycles. The minimum atomic E-state index is -3.08. The number of benzene rings is 2. The third kappa shape index (κ3) is 10.7. The van der Waals surface area contributed by atoms with Gasteiger partial charge < -0.3 is 28.0 Å². The fourth-order valence-electron chi connectivity index (χ4n) is 1.45. The summed E-state index contributed by atoms with van der Waals surface area (Å²) in [4.78, 5) is 0. The van der Waals surface area contributed by atoms with Crippen LogP contribution in [-0.4, -0.2) is 6.66 Å². The Morgan fingerprint density at radius 3 is 1.19 bits per heavy atom. The second-order valence-corrected chi connectivity index (χ2v) is 5.60. The van der Waals surface area contributed by atoms with E-state index in [4.69, 9.17) is 0 Å². The molecule has 0 nitrogen and oxygen atoms in total. The summed E-state index contributed by atoms with van der Waals surface area (Å²) in [6, 6.07) is 21.4. The molecule has 0 unspecified atom stereocenters. The second-order valence-electron chi connectivity index (χ2n) is 3.44. The predicted molar refractivity (Wildman–Crippen MR) is 84.4 cm³/mol. The molecule has 120 valence electrons. The topological polar surface area (TPSA) is 0 Å². The molecule has 21 heavy (non-hydrogen) atoms. The van der Waals surface area contributed by atoms with E-state index >= 15 is 0 Å². The molecule has 0 aromatic heterocycles. The first-order chi connectivity index (χ1) is 8.61. The van der Waals surface area contributed by atoms with Crippen LogP contribution in [0.3, 0.4) is 0 Å². The van der Waals surface area contributed by atoms with Gasteiger partial charge >= 0.3 is 22.4 Å². The van der Waals surface area contributed by atoms with E-state index in [0.29, 0.717) is 0 Å². The van der Waals surface area contributed by atoms with Crippen molar-refractivity contribution in [2.24, 2.45) is 0 Å². The molecule has 0 bridgehead atoms. The van der Waals surface area contributed by atoms with Crippen LogP contribution in [-0.2, 0) is 22.4 Å². The van der Waals surface area contributed by atoms with Gasteiger partial charge in [-0.2, -0.15) is 0 Å². The Labute approximate surface area is 143 Å². The van der Waals surface area contributed by atoms with Crippen LogP contribution >= 0.6 is 7.92 Å². The molecule has 2 rings (SSSR count). The smallest absolute Gasteiger partial charge is 0.385 e. The monoisotopic (exact) mass is 496 g/mol. The van der Waals surface area contributed by atoms with Gasteiger partial charge in [0, 0.05) is 0 Å². The third-order valence-corrected chi connectivity index (χ3v) is 4.43. The number of rotatable bonds is 2. The van der Waals surface area contributed by atoms with Crippen molar-refractivity contribution in [2.45, 2.75) is 0 Å². The molecule has 2 aromatic rings. The van der Waals surface area contributed by atoms with Crippen molar-refractivity contribution < 1.29 is 35.6 Å². The zero-order chi connectivity index (χ0) is 13.4. The van der Waals surface area contributed by atoms with E-state index in [2.05, 4.69) is 67.3 Å². The maximum Gasteiger partial charge on any atom is 3.00 e. The second kappa shape index (κ2) is 14.3. The minimum Gasteiger partial charge on any atom is -0.385 e. The summed E-state index contributed by atoms with van der Waals surface area (Å²) in [5.74, 6) is 0. The SMILES string of the molecule is CP(c1ccccc1)c1ccccc1.F[C-](F)F.[Au+3].[CH3-].[CH3-]. The summed E-state index contributed by atoms with van der Waals surface area (Å²) in [7, 11) is -0.171. The molecule has 0 fully saturated rings. The van der Waals surface area contributed by atoms with Gasteiger partial charge in [-0.1, -0.05) is 60.7 Å². The van der Waals surface area contributed by atoms with Crippen molar-refractivity contribution in [3.63, 3.8) is 0 Å². The zero-order valence-electron chi connectivity index (χ0n) is 12.2. The fourth-order valence-corrected chi connectivity index (χ4v) is 2.99. The summed E-state index contributed by atoms with van der Waals surface area (Å²) in [6.07, 6.45) is 0. The molecule has 2 aromatic carbocycles. The summed E-state index contributed by atoms with van der Waals surface area (Å²) >= 11 is 0. The zero-order valence-corrected chi connectivity index (χ0v) is 15.2. The van der Waals surface area contributed by atoms with E-state index in [9.17, 15) is 13.2 Å². The van der Waals surface area contributed by atoms with Crippen LogP contribution in [0.1, 0.15) is 0 Å². The van der Waals surface area contributed by atoms with Gasteiger partial charge in [0.05, 0.1) is 0 Å². The van der Waals surface area contributed by atoms with Crippen LogP contribution in [0, 0.1) is 21.5 Å². The number of halogens is 3. The van der Waals surface area contributed by atoms with E-state index in [-0.39, 0.29) is 45.2 Å². The van der Waals surface area contributed by atoms with Gasteiger partial charge in [0.1, 0.15) is 0 Å². The van der Waals surface area contributed by atoms with Gasteiger partial charge in [-0.15, -0.1) is 0 Å². The van der Waals surface area contributed by atoms with Gasteiger partial charge in [-0.25, -0.2) is 0 Å². The van der Waals surface area contributed by atoms with E-state index in [1.54, 1.807) is 0 Å². The molecule has 0 aliphatic heterocycles. The molecule has 5 heteroatoms. The van der Waals surface area contributed by atoms with Crippen molar-refractivity contribution in [3.05, 3.63) is 82.2 Å². The molecular weight excluding hydrogens is 477 g/mol. The molecule has 0 saturated heterocycles. The Balaban J connectivity index is -0.000000417. The quantitative estimate of drug-likeness (QED) is 0.313. The first-order valence-corrected chi connectivity index (χ1v) is 7.07. The van der Waals surface area contributed by atoms with E-state index in [0.717, 1.165) is 0 Å². The van der Waals surface area contributed by atoms with E-state index in [1.807, 2.05) is 0 Å². The Morgan fingerprint density at radius 2 is 0.952 bits per heavy atom. The molecule has 0 radical (unpaired) electrons. The Kier molecular flexibility index (Phi) is 17.3. The van der Waals surface area contributed by atoms with Gasteiger partial charge in [0.15, 0.2) is 6.68 Å². The molecule has 0 N–H and O–H groups in total. The van der Waals surface area contributed by atoms with Crippen LogP contribution in [0.15, 0.2) is 60.7 Å². The first kappa shape index (κ1) is 25.4. The fraction of sp³-hybridized carbons (Fsp3) is 0.0625. The summed E-state index contributed by atoms with van der Waals surface area (Å²) in [5, 5.41) is 2.88. The van der Waals surface area contributed by atoms with E-state index in [1.165, 1.54) is 10.6 Å². The van der Waals surface area contributed by atoms with Crippen molar-refractivity contribution in [2.75, 3.05) is 6.66 Å². The van der Waals surface area contributed by atoms with Gasteiger partial charge in [0.2, 0.25) is 0 Å². The molecule has 0 spiro atoms. The van der Waals surface area contributed by atoms with Crippen LogP contribution < -0.4 is 10.6 Å². The Morgan fingerprint density at radius 1 is 0.714 bits per heavy atom. The van der Waals surface area contributed by atoms with Crippen molar-refractivity contribution in [1.29, 1.82) is 0 Å². The maximum atomic E-state index is 9.58. The average Bonchev–Trinajstić information content (AvgIpc) is 2.39. The number of hydrogen-bond donors (Lipinski definition) is 0. The van der Waals surface area contributed by atoms with Crippen molar-refractivity contribution >= 4 is 18.5 Å². The molecule has 0 aliphatic rings. The van der Waals surface area contributed by atoms with Crippen LogP contribution in [0.2, 0.25) is 0 Å². The Bertz CT molecular complexity index is 396. The van der Waals surface area contributed by atoms with E-state index < -0.39 is 6.68 Å². The number of hydrogen-bond acceptors (Lipinski definition) is 0. The normalized spacial score (nSPS) is 8.67. The molecule has 0 amide bonds. The summed E-state index contributed by atoms with van der Waals surface area (Å²) < 4.78 is 28.8.